The third-order valence-corrected chi connectivity index (χ3v) is 6.08. The standard InChI is InChI=1S/C20H23FN4S/c1-3-14-13-15-19(22-18(4-2)23-20(15)26-14)25-11-9-24(10-12-25)17-8-6-5-7-16(17)21/h5-8,13H,3-4,9-12H2,1-2H3. The van der Waals surface area contributed by atoms with E-state index in [4.69, 9.17) is 9.97 Å². The summed E-state index contributed by atoms with van der Waals surface area (Å²) in [6, 6.07) is 9.25. The van der Waals surface area contributed by atoms with Gasteiger partial charge in [-0.05, 0) is 24.6 Å². The Morgan fingerprint density at radius 2 is 1.73 bits per heavy atom. The van der Waals surface area contributed by atoms with Gasteiger partial charge in [-0.2, -0.15) is 0 Å². The van der Waals surface area contributed by atoms with Crippen molar-refractivity contribution >= 4 is 33.1 Å². The van der Waals surface area contributed by atoms with Crippen molar-refractivity contribution in [2.75, 3.05) is 36.0 Å². The van der Waals surface area contributed by atoms with Crippen LogP contribution in [0.25, 0.3) is 10.2 Å². The first-order valence-electron chi connectivity index (χ1n) is 9.23. The van der Waals surface area contributed by atoms with Gasteiger partial charge in [0.2, 0.25) is 0 Å². The molecule has 26 heavy (non-hydrogen) atoms. The van der Waals surface area contributed by atoms with E-state index in [9.17, 15) is 4.39 Å². The van der Waals surface area contributed by atoms with Crippen molar-refractivity contribution in [1.29, 1.82) is 0 Å². The molecule has 4 nitrogen and oxygen atoms in total. The molecule has 0 unspecified atom stereocenters. The molecule has 1 aliphatic heterocycles. The zero-order valence-corrected chi connectivity index (χ0v) is 16.0. The van der Waals surface area contributed by atoms with Crippen LogP contribution in [0.15, 0.2) is 30.3 Å². The Morgan fingerprint density at radius 3 is 2.42 bits per heavy atom. The summed E-state index contributed by atoms with van der Waals surface area (Å²) in [4.78, 5) is 16.4. The highest BCUT2D eigenvalue weighted by Gasteiger charge is 2.23. The number of halogens is 1. The van der Waals surface area contributed by atoms with E-state index in [1.54, 1.807) is 17.4 Å². The Bertz CT molecular complexity index is 915. The van der Waals surface area contributed by atoms with Gasteiger partial charge < -0.3 is 9.80 Å². The molecule has 136 valence electrons. The van der Waals surface area contributed by atoms with E-state index < -0.39 is 0 Å². The summed E-state index contributed by atoms with van der Waals surface area (Å²) in [6.07, 6.45) is 1.85. The maximum atomic E-state index is 14.1. The first kappa shape index (κ1) is 17.2. The van der Waals surface area contributed by atoms with Gasteiger partial charge in [-0.25, -0.2) is 14.4 Å². The van der Waals surface area contributed by atoms with Crippen LogP contribution in [0.4, 0.5) is 15.9 Å². The van der Waals surface area contributed by atoms with Gasteiger partial charge in [-0.3, -0.25) is 0 Å². The van der Waals surface area contributed by atoms with Crippen LogP contribution in [0, 0.1) is 5.82 Å². The van der Waals surface area contributed by atoms with Gasteiger partial charge >= 0.3 is 0 Å². The second-order valence-corrected chi connectivity index (χ2v) is 7.64. The molecule has 0 radical (unpaired) electrons. The molecule has 1 aliphatic rings. The highest BCUT2D eigenvalue weighted by Crippen LogP contribution is 2.32. The van der Waals surface area contributed by atoms with Crippen molar-refractivity contribution in [3.8, 4) is 0 Å². The molecule has 6 heteroatoms. The minimum absolute atomic E-state index is 0.149. The molecule has 0 atom stereocenters. The van der Waals surface area contributed by atoms with Crippen LogP contribution in [0.5, 0.6) is 0 Å². The molecule has 0 spiro atoms. The van der Waals surface area contributed by atoms with Crippen molar-refractivity contribution in [1.82, 2.24) is 9.97 Å². The Balaban J connectivity index is 1.61. The fourth-order valence-electron chi connectivity index (χ4n) is 3.44. The zero-order valence-electron chi connectivity index (χ0n) is 15.2. The fraction of sp³-hybridized carbons (Fsp3) is 0.400. The predicted molar refractivity (Wildman–Crippen MR) is 107 cm³/mol. The molecule has 3 heterocycles. The summed E-state index contributed by atoms with van der Waals surface area (Å²) < 4.78 is 14.1. The average Bonchev–Trinajstić information content (AvgIpc) is 3.11. The smallest absolute Gasteiger partial charge is 0.146 e. The lowest BCUT2D eigenvalue weighted by molar-refractivity contribution is 0.596. The number of aromatic nitrogens is 2. The average molecular weight is 370 g/mol. The van der Waals surface area contributed by atoms with Crippen molar-refractivity contribution in [3.63, 3.8) is 0 Å². The SMILES string of the molecule is CCc1nc(N2CCN(c3ccccc3F)CC2)c2cc(CC)sc2n1. The van der Waals surface area contributed by atoms with E-state index in [-0.39, 0.29) is 5.82 Å². The Hall–Kier alpha value is -2.21. The highest BCUT2D eigenvalue weighted by atomic mass is 32.1. The number of benzene rings is 1. The molecule has 0 bridgehead atoms. The predicted octanol–water partition coefficient (Wildman–Crippen LogP) is 4.28. The maximum absolute atomic E-state index is 14.1. The van der Waals surface area contributed by atoms with Gasteiger partial charge in [0.05, 0.1) is 11.1 Å². The fourth-order valence-corrected chi connectivity index (χ4v) is 4.42. The number of para-hydroxylation sites is 1. The topological polar surface area (TPSA) is 32.3 Å². The molecule has 4 rings (SSSR count). The first-order valence-corrected chi connectivity index (χ1v) is 10.0. The number of hydrogen-bond acceptors (Lipinski definition) is 5. The summed E-state index contributed by atoms with van der Waals surface area (Å²) in [5.41, 5.74) is 0.693. The van der Waals surface area contributed by atoms with Gasteiger partial charge in [-0.1, -0.05) is 26.0 Å². The number of rotatable bonds is 4. The van der Waals surface area contributed by atoms with E-state index in [0.29, 0.717) is 5.69 Å². The number of fused-ring (bicyclic) bond motifs is 1. The summed E-state index contributed by atoms with van der Waals surface area (Å²) in [5, 5.41) is 1.16. The summed E-state index contributed by atoms with van der Waals surface area (Å²) in [5.74, 6) is 1.79. The molecular weight excluding hydrogens is 347 g/mol. The first-order chi connectivity index (χ1) is 12.7. The monoisotopic (exact) mass is 370 g/mol. The quantitative estimate of drug-likeness (QED) is 0.686. The highest BCUT2D eigenvalue weighted by molar-refractivity contribution is 7.18. The third-order valence-electron chi connectivity index (χ3n) is 4.91. The van der Waals surface area contributed by atoms with Crippen molar-refractivity contribution in [3.05, 3.63) is 46.9 Å². The summed E-state index contributed by atoms with van der Waals surface area (Å²) in [6.45, 7) is 7.51. The van der Waals surface area contributed by atoms with E-state index in [2.05, 4.69) is 29.7 Å². The molecule has 1 aromatic carbocycles. The Labute approximate surface area is 157 Å². The molecule has 0 aliphatic carbocycles. The molecule has 1 fully saturated rings. The second kappa shape index (κ2) is 7.19. The molecule has 3 aromatic rings. The lowest BCUT2D eigenvalue weighted by Gasteiger charge is -2.37. The number of hydrogen-bond donors (Lipinski definition) is 0. The van der Waals surface area contributed by atoms with E-state index in [1.807, 2.05) is 12.1 Å². The molecular formula is C20H23FN4S. The number of aryl methyl sites for hydroxylation is 2. The van der Waals surface area contributed by atoms with Gasteiger partial charge in [0.25, 0.3) is 0 Å². The Kier molecular flexibility index (Phi) is 4.76. The van der Waals surface area contributed by atoms with Crippen LogP contribution in [0.3, 0.4) is 0 Å². The minimum atomic E-state index is -0.149. The van der Waals surface area contributed by atoms with Crippen LogP contribution in [0.2, 0.25) is 0 Å². The van der Waals surface area contributed by atoms with Crippen LogP contribution in [-0.4, -0.2) is 36.1 Å². The lowest BCUT2D eigenvalue weighted by atomic mass is 10.2. The molecule has 2 aromatic heterocycles. The normalized spacial score (nSPS) is 15.0. The number of piperazine rings is 1. The van der Waals surface area contributed by atoms with Crippen LogP contribution in [0.1, 0.15) is 24.5 Å². The van der Waals surface area contributed by atoms with E-state index >= 15 is 0 Å². The van der Waals surface area contributed by atoms with Crippen molar-refractivity contribution < 1.29 is 4.39 Å². The third kappa shape index (κ3) is 3.14. The molecule has 1 saturated heterocycles. The Morgan fingerprint density at radius 1 is 1.00 bits per heavy atom. The lowest BCUT2D eigenvalue weighted by Crippen LogP contribution is -2.47. The second-order valence-electron chi connectivity index (χ2n) is 6.53. The van der Waals surface area contributed by atoms with E-state index in [1.165, 1.54) is 10.9 Å². The molecule has 0 N–H and O–H groups in total. The van der Waals surface area contributed by atoms with Gasteiger partial charge in [0.1, 0.15) is 22.3 Å². The largest absolute Gasteiger partial charge is 0.366 e. The van der Waals surface area contributed by atoms with Gasteiger partial charge in [0.15, 0.2) is 0 Å². The van der Waals surface area contributed by atoms with Crippen LogP contribution in [-0.2, 0) is 12.8 Å². The van der Waals surface area contributed by atoms with Gasteiger partial charge in [0, 0.05) is 37.5 Å². The van der Waals surface area contributed by atoms with Crippen molar-refractivity contribution in [2.45, 2.75) is 26.7 Å². The number of nitrogens with zero attached hydrogens (tertiary/aromatic N) is 4. The summed E-state index contributed by atoms with van der Waals surface area (Å²) >= 11 is 1.77. The molecule has 0 amide bonds. The zero-order chi connectivity index (χ0) is 18.1. The van der Waals surface area contributed by atoms with Crippen LogP contribution < -0.4 is 9.80 Å². The van der Waals surface area contributed by atoms with Gasteiger partial charge in [-0.15, -0.1) is 11.3 Å². The number of thiophene rings is 1. The maximum Gasteiger partial charge on any atom is 0.146 e. The van der Waals surface area contributed by atoms with E-state index in [0.717, 1.165) is 60.9 Å². The molecule has 0 saturated carbocycles. The summed E-state index contributed by atoms with van der Waals surface area (Å²) in [7, 11) is 0. The van der Waals surface area contributed by atoms with Crippen LogP contribution >= 0.6 is 11.3 Å². The van der Waals surface area contributed by atoms with Crippen molar-refractivity contribution in [2.24, 2.45) is 0 Å². The minimum Gasteiger partial charge on any atom is -0.366 e. The number of anilines is 2.